The minimum atomic E-state index is -0.413. The number of rotatable bonds is 4. The number of amides is 1. The van der Waals surface area contributed by atoms with E-state index in [2.05, 4.69) is 17.1 Å². The van der Waals surface area contributed by atoms with Crippen molar-refractivity contribution in [2.24, 2.45) is 5.92 Å². The average molecular weight is 345 g/mol. The SMILES string of the molecule is CC1CN(C2CC2)CC1NC(=O)c1cc2cc([N+](=O)[O-])ccc2s1. The van der Waals surface area contributed by atoms with Crippen LogP contribution in [0, 0.1) is 16.0 Å². The lowest BCUT2D eigenvalue weighted by molar-refractivity contribution is -0.384. The van der Waals surface area contributed by atoms with Crippen molar-refractivity contribution in [3.63, 3.8) is 0 Å². The van der Waals surface area contributed by atoms with E-state index in [0.29, 0.717) is 10.8 Å². The summed E-state index contributed by atoms with van der Waals surface area (Å²) in [5, 5.41) is 14.8. The molecule has 1 N–H and O–H groups in total. The zero-order valence-electron chi connectivity index (χ0n) is 13.4. The minimum Gasteiger partial charge on any atom is -0.347 e. The van der Waals surface area contributed by atoms with Gasteiger partial charge >= 0.3 is 0 Å². The summed E-state index contributed by atoms with van der Waals surface area (Å²) in [5.74, 6) is 0.373. The lowest BCUT2D eigenvalue weighted by Crippen LogP contribution is -2.39. The number of nitrogens with zero attached hydrogens (tertiary/aromatic N) is 2. The maximum Gasteiger partial charge on any atom is 0.270 e. The molecule has 0 radical (unpaired) electrons. The number of nitro benzene ring substituents is 1. The van der Waals surface area contributed by atoms with E-state index in [4.69, 9.17) is 0 Å². The number of fused-ring (bicyclic) bond motifs is 1. The molecule has 2 fully saturated rings. The van der Waals surface area contributed by atoms with E-state index in [9.17, 15) is 14.9 Å². The van der Waals surface area contributed by atoms with E-state index in [1.54, 1.807) is 12.1 Å². The number of hydrogen-bond donors (Lipinski definition) is 1. The third-order valence-corrected chi connectivity index (χ3v) is 6.07. The number of likely N-dealkylation sites (tertiary alicyclic amines) is 1. The van der Waals surface area contributed by atoms with Crippen molar-refractivity contribution >= 4 is 33.0 Å². The molecule has 1 aliphatic carbocycles. The fraction of sp³-hybridized carbons (Fsp3) is 0.471. The smallest absolute Gasteiger partial charge is 0.270 e. The summed E-state index contributed by atoms with van der Waals surface area (Å²) in [7, 11) is 0. The van der Waals surface area contributed by atoms with Crippen LogP contribution in [0.1, 0.15) is 29.4 Å². The van der Waals surface area contributed by atoms with Crippen molar-refractivity contribution in [3.05, 3.63) is 39.3 Å². The zero-order valence-corrected chi connectivity index (χ0v) is 14.2. The lowest BCUT2D eigenvalue weighted by atomic mass is 10.1. The molecule has 0 bridgehead atoms. The van der Waals surface area contributed by atoms with Crippen LogP contribution in [0.4, 0.5) is 5.69 Å². The van der Waals surface area contributed by atoms with Gasteiger partial charge < -0.3 is 5.32 Å². The number of nitrogens with one attached hydrogen (secondary N) is 1. The first-order chi connectivity index (χ1) is 11.5. The third-order valence-electron chi connectivity index (χ3n) is 4.95. The topological polar surface area (TPSA) is 75.5 Å². The van der Waals surface area contributed by atoms with E-state index < -0.39 is 4.92 Å². The molecule has 2 aliphatic rings. The van der Waals surface area contributed by atoms with Gasteiger partial charge in [0.1, 0.15) is 0 Å². The summed E-state index contributed by atoms with van der Waals surface area (Å²) in [6.07, 6.45) is 2.56. The molecule has 2 aromatic rings. The first-order valence-corrected chi connectivity index (χ1v) is 9.06. The Labute approximate surface area is 143 Å². The molecule has 2 unspecified atom stereocenters. The predicted molar refractivity (Wildman–Crippen MR) is 93.5 cm³/mol. The second-order valence-corrected chi connectivity index (χ2v) is 7.92. The molecule has 2 heterocycles. The van der Waals surface area contributed by atoms with Gasteiger partial charge in [0.25, 0.3) is 11.6 Å². The van der Waals surface area contributed by atoms with Gasteiger partial charge in [0.05, 0.1) is 9.80 Å². The van der Waals surface area contributed by atoms with Crippen LogP contribution in [0.15, 0.2) is 24.3 Å². The quantitative estimate of drug-likeness (QED) is 0.683. The fourth-order valence-electron chi connectivity index (χ4n) is 3.43. The molecule has 2 atom stereocenters. The Hall–Kier alpha value is -1.99. The van der Waals surface area contributed by atoms with E-state index in [1.807, 2.05) is 0 Å². The van der Waals surface area contributed by atoms with Crippen molar-refractivity contribution < 1.29 is 9.72 Å². The summed E-state index contributed by atoms with van der Waals surface area (Å²) in [5.41, 5.74) is 0.0525. The molecule has 1 aliphatic heterocycles. The normalized spacial score (nSPS) is 24.4. The number of thiophene rings is 1. The van der Waals surface area contributed by atoms with Gasteiger partial charge in [-0.25, -0.2) is 0 Å². The van der Waals surface area contributed by atoms with E-state index in [1.165, 1.54) is 36.3 Å². The highest BCUT2D eigenvalue weighted by molar-refractivity contribution is 7.20. The molecule has 4 rings (SSSR count). The Morgan fingerprint density at radius 1 is 1.33 bits per heavy atom. The number of nitro groups is 1. The average Bonchev–Trinajstić information content (AvgIpc) is 3.21. The molecule has 1 aromatic heterocycles. The third kappa shape index (κ3) is 2.89. The van der Waals surface area contributed by atoms with Crippen LogP contribution in [0.3, 0.4) is 0 Å². The monoisotopic (exact) mass is 345 g/mol. The van der Waals surface area contributed by atoms with Crippen LogP contribution in [0.2, 0.25) is 0 Å². The lowest BCUT2D eigenvalue weighted by Gasteiger charge is -2.16. The maximum atomic E-state index is 12.6. The molecule has 126 valence electrons. The molecule has 1 amide bonds. The summed E-state index contributed by atoms with van der Waals surface area (Å²) < 4.78 is 0.893. The predicted octanol–water partition coefficient (Wildman–Crippen LogP) is 3.02. The van der Waals surface area contributed by atoms with Crippen molar-refractivity contribution in [3.8, 4) is 0 Å². The Bertz CT molecular complexity index is 815. The van der Waals surface area contributed by atoms with Crippen LogP contribution in [-0.2, 0) is 0 Å². The first-order valence-electron chi connectivity index (χ1n) is 8.24. The molecule has 24 heavy (non-hydrogen) atoms. The molecule has 7 heteroatoms. The zero-order chi connectivity index (χ0) is 16.8. The minimum absolute atomic E-state index is 0.0525. The van der Waals surface area contributed by atoms with Gasteiger partial charge in [-0.15, -0.1) is 11.3 Å². The highest BCUT2D eigenvalue weighted by atomic mass is 32.1. The van der Waals surface area contributed by atoms with Crippen LogP contribution in [0.5, 0.6) is 0 Å². The van der Waals surface area contributed by atoms with Gasteiger partial charge in [0, 0.05) is 47.4 Å². The first kappa shape index (κ1) is 15.5. The van der Waals surface area contributed by atoms with E-state index in [-0.39, 0.29) is 17.6 Å². The summed E-state index contributed by atoms with van der Waals surface area (Å²) in [6.45, 7) is 4.16. The van der Waals surface area contributed by atoms with Gasteiger partial charge in [-0.2, -0.15) is 0 Å². The number of carbonyl (C=O) groups excluding carboxylic acids is 1. The summed E-state index contributed by atoms with van der Waals surface area (Å²) in [6, 6.07) is 7.36. The van der Waals surface area contributed by atoms with E-state index in [0.717, 1.165) is 29.2 Å². The highest BCUT2D eigenvalue weighted by Crippen LogP contribution is 2.32. The molecule has 1 saturated carbocycles. The number of non-ortho nitro benzene ring substituents is 1. The van der Waals surface area contributed by atoms with Gasteiger partial charge in [0.15, 0.2) is 0 Å². The second-order valence-electron chi connectivity index (χ2n) is 6.83. The molecular formula is C17H19N3O3S. The van der Waals surface area contributed by atoms with Crippen LogP contribution < -0.4 is 5.32 Å². The molecule has 6 nitrogen and oxygen atoms in total. The Balaban J connectivity index is 1.49. The Kier molecular flexibility index (Phi) is 3.77. The molecule has 1 saturated heterocycles. The van der Waals surface area contributed by atoms with Crippen molar-refractivity contribution in [2.45, 2.75) is 31.8 Å². The van der Waals surface area contributed by atoms with Gasteiger partial charge in [0.2, 0.25) is 0 Å². The largest absolute Gasteiger partial charge is 0.347 e. The number of hydrogen-bond acceptors (Lipinski definition) is 5. The molecular weight excluding hydrogens is 326 g/mol. The Morgan fingerprint density at radius 2 is 2.12 bits per heavy atom. The second kappa shape index (κ2) is 5.82. The van der Waals surface area contributed by atoms with Gasteiger partial charge in [-0.3, -0.25) is 19.8 Å². The Morgan fingerprint density at radius 3 is 2.83 bits per heavy atom. The van der Waals surface area contributed by atoms with Crippen LogP contribution in [0.25, 0.3) is 10.1 Å². The van der Waals surface area contributed by atoms with Crippen molar-refractivity contribution in [1.29, 1.82) is 0 Å². The highest BCUT2D eigenvalue weighted by Gasteiger charge is 2.38. The van der Waals surface area contributed by atoms with Gasteiger partial charge in [-0.05, 0) is 30.9 Å². The van der Waals surface area contributed by atoms with Gasteiger partial charge in [-0.1, -0.05) is 6.92 Å². The number of benzene rings is 1. The standard InChI is InChI=1S/C17H19N3O3S/c1-10-8-19(12-2-3-12)9-14(10)18-17(21)16-7-11-6-13(20(22)23)4-5-15(11)24-16/h4-7,10,12,14H,2-3,8-9H2,1H3,(H,18,21). The molecule has 1 aromatic carbocycles. The maximum absolute atomic E-state index is 12.6. The number of carbonyl (C=O) groups is 1. The summed E-state index contributed by atoms with van der Waals surface area (Å²) in [4.78, 5) is 26.1. The molecule has 0 spiro atoms. The summed E-state index contributed by atoms with van der Waals surface area (Å²) >= 11 is 1.38. The van der Waals surface area contributed by atoms with Crippen molar-refractivity contribution in [1.82, 2.24) is 10.2 Å². The van der Waals surface area contributed by atoms with E-state index >= 15 is 0 Å². The van der Waals surface area contributed by atoms with Crippen molar-refractivity contribution in [2.75, 3.05) is 13.1 Å². The fourth-order valence-corrected chi connectivity index (χ4v) is 4.37. The van der Waals surface area contributed by atoms with Crippen LogP contribution >= 0.6 is 11.3 Å². The van der Waals surface area contributed by atoms with Crippen LogP contribution in [-0.4, -0.2) is 40.9 Å².